The molecule has 8 nitrogen and oxygen atoms in total. The summed E-state index contributed by atoms with van der Waals surface area (Å²) in [5, 5.41) is 11.9. The van der Waals surface area contributed by atoms with Gasteiger partial charge in [0, 0.05) is 32.2 Å². The van der Waals surface area contributed by atoms with Crippen LogP contribution < -0.4 is 17.0 Å². The fraction of sp³-hybridized carbons (Fsp3) is 0.545. The van der Waals surface area contributed by atoms with Gasteiger partial charge in [-0.3, -0.25) is 21.3 Å². The molecule has 0 aromatic heterocycles. The minimum atomic E-state index is -0.302. The lowest BCUT2D eigenvalue weighted by Crippen LogP contribution is -2.32. The van der Waals surface area contributed by atoms with Gasteiger partial charge in [0.1, 0.15) is 0 Å². The summed E-state index contributed by atoms with van der Waals surface area (Å²) in [7, 11) is 1.59. The van der Waals surface area contributed by atoms with Crippen LogP contribution in [0.3, 0.4) is 0 Å². The number of nitrogens with two attached hydrogens (primary N) is 2. The molecule has 30 heavy (non-hydrogen) atoms. The summed E-state index contributed by atoms with van der Waals surface area (Å²) in [5.41, 5.74) is 1.84. The van der Waals surface area contributed by atoms with Crippen molar-refractivity contribution in [2.75, 3.05) is 26.8 Å². The van der Waals surface area contributed by atoms with E-state index in [4.69, 9.17) is 11.2 Å². The molecule has 2 atom stereocenters. The highest BCUT2D eigenvalue weighted by Crippen LogP contribution is 2.21. The van der Waals surface area contributed by atoms with Crippen LogP contribution >= 0.6 is 0 Å². The average molecular weight is 421 g/mol. The number of β-amino-alcohol motifs (C(OH)–C–C–N with tert-alkyl or cyclic N) is 1. The molecule has 8 heteroatoms. The van der Waals surface area contributed by atoms with E-state index in [0.717, 1.165) is 24.1 Å². The molecule has 6 N–H and O–H groups in total. The number of likely N-dealkylation sites (tertiary alicyclic amines) is 1. The van der Waals surface area contributed by atoms with Crippen LogP contribution in [0.15, 0.2) is 24.3 Å². The van der Waals surface area contributed by atoms with E-state index in [1.807, 2.05) is 24.3 Å². The fourth-order valence-corrected chi connectivity index (χ4v) is 2.83. The summed E-state index contributed by atoms with van der Waals surface area (Å²) < 4.78 is 5.01. The second kappa shape index (κ2) is 14.5. The Labute approximate surface area is 179 Å². The van der Waals surface area contributed by atoms with Gasteiger partial charge < -0.3 is 20.1 Å². The highest BCUT2D eigenvalue weighted by atomic mass is 16.5. The second-order valence-corrected chi connectivity index (χ2v) is 8.08. The number of aliphatic hydroxyl groups is 1. The average Bonchev–Trinajstić information content (AvgIpc) is 3.15. The van der Waals surface area contributed by atoms with Gasteiger partial charge in [-0.15, -0.1) is 6.42 Å². The first-order chi connectivity index (χ1) is 14.2. The highest BCUT2D eigenvalue weighted by Gasteiger charge is 2.27. The van der Waals surface area contributed by atoms with Gasteiger partial charge in [-0.1, -0.05) is 38.8 Å². The zero-order valence-electron chi connectivity index (χ0n) is 18.4. The number of methoxy groups -OCH3 is 1. The SMILES string of the molecule is C#Cc1ccc(C(COC)NC=O)cc1.CC(C)(C)CC(=O)N1CCC(O)C1.NN. The number of hydrogen-bond acceptors (Lipinski definition) is 6. The van der Waals surface area contributed by atoms with Crippen molar-refractivity contribution in [3.63, 3.8) is 0 Å². The molecule has 1 fully saturated rings. The Bertz CT molecular complexity index is 665. The maximum atomic E-state index is 11.6. The van der Waals surface area contributed by atoms with Crippen molar-refractivity contribution < 1.29 is 19.4 Å². The van der Waals surface area contributed by atoms with Gasteiger partial charge in [-0.25, -0.2) is 0 Å². The smallest absolute Gasteiger partial charge is 0.223 e. The first-order valence-electron chi connectivity index (χ1n) is 9.74. The van der Waals surface area contributed by atoms with E-state index < -0.39 is 0 Å². The maximum Gasteiger partial charge on any atom is 0.223 e. The number of hydrazine groups is 1. The first kappa shape index (κ1) is 27.6. The lowest BCUT2D eigenvalue weighted by molar-refractivity contribution is -0.132. The van der Waals surface area contributed by atoms with Gasteiger partial charge in [0.25, 0.3) is 0 Å². The van der Waals surface area contributed by atoms with E-state index >= 15 is 0 Å². The van der Waals surface area contributed by atoms with E-state index in [9.17, 15) is 14.7 Å². The molecule has 1 aliphatic heterocycles. The van der Waals surface area contributed by atoms with Gasteiger partial charge in [-0.2, -0.15) is 0 Å². The number of nitrogens with zero attached hydrogens (tertiary/aromatic N) is 1. The van der Waals surface area contributed by atoms with Crippen LogP contribution in [0.1, 0.15) is 50.8 Å². The van der Waals surface area contributed by atoms with E-state index in [-0.39, 0.29) is 23.5 Å². The molecule has 1 aliphatic rings. The minimum Gasteiger partial charge on any atom is -0.391 e. The Morgan fingerprint density at radius 2 is 2.00 bits per heavy atom. The van der Waals surface area contributed by atoms with Crippen molar-refractivity contribution in [2.45, 2.75) is 45.8 Å². The Morgan fingerprint density at radius 3 is 2.40 bits per heavy atom. The fourth-order valence-electron chi connectivity index (χ4n) is 2.83. The summed E-state index contributed by atoms with van der Waals surface area (Å²) in [6, 6.07) is 7.32. The second-order valence-electron chi connectivity index (χ2n) is 8.08. The molecule has 1 saturated heterocycles. The van der Waals surface area contributed by atoms with Crippen LogP contribution in [0.2, 0.25) is 0 Å². The Kier molecular flexibility index (Phi) is 13.3. The number of nitrogens with one attached hydrogen (secondary N) is 1. The lowest BCUT2D eigenvalue weighted by Gasteiger charge is -2.22. The van der Waals surface area contributed by atoms with Gasteiger partial charge in [0.2, 0.25) is 12.3 Å². The Balaban J connectivity index is 0.000000522. The molecule has 1 heterocycles. The van der Waals surface area contributed by atoms with Crippen LogP contribution in [0.5, 0.6) is 0 Å². The molecule has 0 saturated carbocycles. The predicted molar refractivity (Wildman–Crippen MR) is 118 cm³/mol. The van der Waals surface area contributed by atoms with Gasteiger partial charge in [-0.05, 0) is 29.5 Å². The van der Waals surface area contributed by atoms with Crippen LogP contribution in [0, 0.1) is 17.8 Å². The molecule has 168 valence electrons. The molecular formula is C22H36N4O4. The van der Waals surface area contributed by atoms with Crippen molar-refractivity contribution in [1.29, 1.82) is 0 Å². The van der Waals surface area contributed by atoms with E-state index in [2.05, 4.69) is 43.7 Å². The monoisotopic (exact) mass is 420 g/mol. The summed E-state index contributed by atoms with van der Waals surface area (Å²) in [6.45, 7) is 7.84. The highest BCUT2D eigenvalue weighted by molar-refractivity contribution is 5.77. The normalized spacial score (nSPS) is 16.2. The molecule has 0 bridgehead atoms. The molecular weight excluding hydrogens is 384 g/mol. The Hall–Kier alpha value is -2.44. The number of aliphatic hydroxyl groups excluding tert-OH is 1. The number of ether oxygens (including phenoxy) is 1. The summed E-state index contributed by atoms with van der Waals surface area (Å²) in [4.78, 5) is 23.8. The number of terminal acetylenes is 1. The van der Waals surface area contributed by atoms with Crippen LogP contribution in [-0.2, 0) is 14.3 Å². The number of carbonyl (C=O) groups excluding carboxylic acids is 2. The van der Waals surface area contributed by atoms with Gasteiger partial charge in [0.15, 0.2) is 0 Å². The summed E-state index contributed by atoms with van der Waals surface area (Å²) in [6.07, 6.45) is 6.91. The molecule has 2 rings (SSSR count). The third-order valence-electron chi connectivity index (χ3n) is 4.28. The molecule has 0 spiro atoms. The van der Waals surface area contributed by atoms with Crippen molar-refractivity contribution in [1.82, 2.24) is 10.2 Å². The molecule has 2 amide bonds. The topological polar surface area (TPSA) is 131 Å². The lowest BCUT2D eigenvalue weighted by atomic mass is 9.92. The third-order valence-corrected chi connectivity index (χ3v) is 4.28. The van der Waals surface area contributed by atoms with Gasteiger partial charge >= 0.3 is 0 Å². The largest absolute Gasteiger partial charge is 0.391 e. The Morgan fingerprint density at radius 1 is 1.40 bits per heavy atom. The quantitative estimate of drug-likeness (QED) is 0.234. The van der Waals surface area contributed by atoms with Gasteiger partial charge in [0.05, 0.1) is 18.8 Å². The molecule has 2 unspecified atom stereocenters. The van der Waals surface area contributed by atoms with Crippen LogP contribution in [0.25, 0.3) is 0 Å². The molecule has 1 aromatic rings. The number of carbonyl (C=O) groups is 2. The van der Waals surface area contributed by atoms with Crippen molar-refractivity contribution in [2.24, 2.45) is 17.1 Å². The number of rotatable bonds is 6. The molecule has 0 aliphatic carbocycles. The number of amides is 2. The van der Waals surface area contributed by atoms with Crippen LogP contribution in [0.4, 0.5) is 0 Å². The molecule has 1 aromatic carbocycles. The van der Waals surface area contributed by atoms with E-state index in [0.29, 0.717) is 26.0 Å². The molecule has 0 radical (unpaired) electrons. The maximum absolute atomic E-state index is 11.6. The van der Waals surface area contributed by atoms with Crippen molar-refractivity contribution >= 4 is 12.3 Å². The minimum absolute atomic E-state index is 0.0463. The predicted octanol–water partition coefficient (Wildman–Crippen LogP) is 0.936. The van der Waals surface area contributed by atoms with Crippen molar-refractivity contribution in [3.8, 4) is 12.3 Å². The van der Waals surface area contributed by atoms with E-state index in [1.54, 1.807) is 12.0 Å². The third kappa shape index (κ3) is 10.9. The first-order valence-corrected chi connectivity index (χ1v) is 9.74. The standard InChI is InChI=1S/C12H13NO2.C10H19NO2.H4N2/c1-3-10-4-6-11(7-5-10)12(8-15-2)13-9-14;1-10(2,3)6-9(13)11-5-4-8(12)7-11;1-2/h1,4-7,9,12H,8H2,2H3,(H,13,14);8,12H,4-7H2,1-3H3;1-2H2. The van der Waals surface area contributed by atoms with Crippen LogP contribution in [-0.4, -0.2) is 55.2 Å². The summed E-state index contributed by atoms with van der Waals surface area (Å²) in [5.74, 6) is 10.7. The number of hydrogen-bond donors (Lipinski definition) is 4. The van der Waals surface area contributed by atoms with Crippen molar-refractivity contribution in [3.05, 3.63) is 35.4 Å². The number of benzene rings is 1. The summed E-state index contributed by atoms with van der Waals surface area (Å²) >= 11 is 0. The van der Waals surface area contributed by atoms with E-state index in [1.165, 1.54) is 0 Å². The zero-order chi connectivity index (χ0) is 23.2. The zero-order valence-corrected chi connectivity index (χ0v) is 18.4.